The number of ether oxygens (including phenoxy) is 1. The molecule has 1 amide bonds. The second-order valence-corrected chi connectivity index (χ2v) is 7.52. The molecule has 0 spiro atoms. The second-order valence-electron chi connectivity index (χ2n) is 7.52. The van der Waals surface area contributed by atoms with E-state index in [0.29, 0.717) is 41.6 Å². The smallest absolute Gasteiger partial charge is 0.249 e. The Morgan fingerprint density at radius 2 is 1.90 bits per heavy atom. The van der Waals surface area contributed by atoms with Crippen LogP contribution in [0.4, 0.5) is 5.82 Å². The molecule has 4 aromatic rings. The van der Waals surface area contributed by atoms with Gasteiger partial charge in [-0.3, -0.25) is 4.79 Å². The molecule has 0 aliphatic carbocycles. The van der Waals surface area contributed by atoms with E-state index in [-0.39, 0.29) is 0 Å². The van der Waals surface area contributed by atoms with Crippen LogP contribution in [-0.2, 0) is 13.0 Å². The van der Waals surface area contributed by atoms with Gasteiger partial charge in [-0.15, -0.1) is 0 Å². The minimum absolute atomic E-state index is 0.404. The van der Waals surface area contributed by atoms with Gasteiger partial charge in [0.15, 0.2) is 5.76 Å². The average Bonchev–Trinajstić information content (AvgIpc) is 3.08. The van der Waals surface area contributed by atoms with Crippen LogP contribution in [0.1, 0.15) is 34.3 Å². The van der Waals surface area contributed by atoms with Crippen LogP contribution in [0, 0.1) is 0 Å². The van der Waals surface area contributed by atoms with Crippen molar-refractivity contribution in [2.45, 2.75) is 25.8 Å². The predicted molar refractivity (Wildman–Crippen MR) is 118 cm³/mol. The Kier molecular flexibility index (Phi) is 5.00. The van der Waals surface area contributed by atoms with Gasteiger partial charge in [0, 0.05) is 17.3 Å². The van der Waals surface area contributed by atoms with Gasteiger partial charge in [0.25, 0.3) is 0 Å². The maximum absolute atomic E-state index is 11.8. The highest BCUT2D eigenvalue weighted by atomic mass is 16.5. The number of rotatable bonds is 5. The molecule has 0 atom stereocenters. The van der Waals surface area contributed by atoms with E-state index in [1.54, 1.807) is 12.1 Å². The molecule has 3 N–H and O–H groups in total. The minimum Gasteiger partial charge on any atom is -0.477 e. The monoisotopic (exact) mass is 414 g/mol. The molecule has 156 valence electrons. The minimum atomic E-state index is -0.505. The molecule has 3 heterocycles. The zero-order valence-electron chi connectivity index (χ0n) is 16.9. The van der Waals surface area contributed by atoms with Crippen LogP contribution in [0.5, 0.6) is 5.88 Å². The number of benzene rings is 2. The number of anilines is 1. The Balaban J connectivity index is 1.59. The summed E-state index contributed by atoms with van der Waals surface area (Å²) in [6, 6.07) is 15.5. The molecular weight excluding hydrogens is 392 g/mol. The van der Waals surface area contributed by atoms with Gasteiger partial charge in [-0.2, -0.15) is 4.98 Å². The number of hydrogen-bond donors (Lipinski definition) is 2. The van der Waals surface area contributed by atoms with Gasteiger partial charge in [0.05, 0.1) is 17.7 Å². The number of nitrogens with one attached hydrogen (secondary N) is 1. The quantitative estimate of drug-likeness (QED) is 0.504. The van der Waals surface area contributed by atoms with Crippen molar-refractivity contribution < 1.29 is 13.9 Å². The molecule has 7 heteroatoms. The molecule has 31 heavy (non-hydrogen) atoms. The van der Waals surface area contributed by atoms with Crippen LogP contribution >= 0.6 is 0 Å². The molecule has 0 unspecified atom stereocenters. The summed E-state index contributed by atoms with van der Waals surface area (Å²) in [5.74, 6) is 1.70. The van der Waals surface area contributed by atoms with Gasteiger partial charge in [0.1, 0.15) is 12.1 Å². The summed E-state index contributed by atoms with van der Waals surface area (Å²) in [6.07, 6.45) is 4.35. The molecule has 2 aromatic carbocycles. The first kappa shape index (κ1) is 19.1. The topological polar surface area (TPSA) is 103 Å². The third-order valence-corrected chi connectivity index (χ3v) is 5.45. The fraction of sp³-hybridized carbons (Fsp3) is 0.208. The molecule has 1 aliphatic rings. The first-order chi connectivity index (χ1) is 15.2. The van der Waals surface area contributed by atoms with E-state index in [1.165, 1.54) is 6.26 Å². The standard InChI is InChI=1S/C24H22N4O3/c25-21(29)17-11-6-10-16-19(17)14-31-20(16)23-27-22(26-13-15-7-2-1-3-8-15)18-9-4-5-12-30-24(18)28-23/h1-3,6-8,10-11,14H,4-5,9,12-13H2,(H2,25,29)(H,26,27,28). The molecule has 0 bridgehead atoms. The highest BCUT2D eigenvalue weighted by Crippen LogP contribution is 2.35. The van der Waals surface area contributed by atoms with E-state index >= 15 is 0 Å². The largest absolute Gasteiger partial charge is 0.477 e. The normalized spacial score (nSPS) is 13.3. The van der Waals surface area contributed by atoms with E-state index in [2.05, 4.69) is 22.4 Å². The number of fused-ring (bicyclic) bond motifs is 2. The number of nitrogens with two attached hydrogens (primary N) is 1. The number of amides is 1. The van der Waals surface area contributed by atoms with Gasteiger partial charge >= 0.3 is 0 Å². The number of furan rings is 1. The molecule has 1 aliphatic heterocycles. The summed E-state index contributed by atoms with van der Waals surface area (Å²) in [5.41, 5.74) is 8.05. The summed E-state index contributed by atoms with van der Waals surface area (Å²) in [5, 5.41) is 4.83. The van der Waals surface area contributed by atoms with Crippen molar-refractivity contribution in [1.29, 1.82) is 0 Å². The number of primary amides is 1. The lowest BCUT2D eigenvalue weighted by Gasteiger charge is -2.14. The Labute approximate surface area is 179 Å². The zero-order chi connectivity index (χ0) is 21.2. The molecular formula is C24H22N4O3. The SMILES string of the molecule is NC(=O)c1cccc2c(-c3nc(NCc4ccccc4)c4c(n3)OCCCC4)occ12. The summed E-state index contributed by atoms with van der Waals surface area (Å²) < 4.78 is 11.8. The van der Waals surface area contributed by atoms with Crippen LogP contribution in [-0.4, -0.2) is 22.5 Å². The maximum atomic E-state index is 11.8. The third-order valence-electron chi connectivity index (χ3n) is 5.45. The highest BCUT2D eigenvalue weighted by Gasteiger charge is 2.22. The van der Waals surface area contributed by atoms with Gasteiger partial charge < -0.3 is 20.2 Å². The lowest BCUT2D eigenvalue weighted by molar-refractivity contribution is 0.100. The molecule has 7 nitrogen and oxygen atoms in total. The predicted octanol–water partition coefficient (Wildman–Crippen LogP) is 4.32. The summed E-state index contributed by atoms with van der Waals surface area (Å²) in [7, 11) is 0. The van der Waals surface area contributed by atoms with Crippen molar-refractivity contribution in [2.75, 3.05) is 11.9 Å². The van der Waals surface area contributed by atoms with Crippen molar-refractivity contribution in [2.24, 2.45) is 5.73 Å². The van der Waals surface area contributed by atoms with Gasteiger partial charge in [0.2, 0.25) is 17.6 Å². The fourth-order valence-corrected chi connectivity index (χ4v) is 3.87. The zero-order valence-corrected chi connectivity index (χ0v) is 16.9. The van der Waals surface area contributed by atoms with Gasteiger partial charge in [-0.05, 0) is 30.9 Å². The Morgan fingerprint density at radius 1 is 1.03 bits per heavy atom. The van der Waals surface area contributed by atoms with Gasteiger partial charge in [-0.25, -0.2) is 4.98 Å². The maximum Gasteiger partial charge on any atom is 0.249 e. The van der Waals surface area contributed by atoms with Crippen molar-refractivity contribution in [3.8, 4) is 17.5 Å². The summed E-state index contributed by atoms with van der Waals surface area (Å²) in [6.45, 7) is 1.25. The van der Waals surface area contributed by atoms with Crippen molar-refractivity contribution >= 4 is 22.5 Å². The highest BCUT2D eigenvalue weighted by molar-refractivity contribution is 6.08. The average molecular weight is 414 g/mol. The molecule has 0 saturated heterocycles. The third kappa shape index (κ3) is 3.70. The molecule has 0 saturated carbocycles. The molecule has 5 rings (SSSR count). The first-order valence-electron chi connectivity index (χ1n) is 10.3. The summed E-state index contributed by atoms with van der Waals surface area (Å²) >= 11 is 0. The van der Waals surface area contributed by atoms with Crippen LogP contribution in [0.15, 0.2) is 59.2 Å². The lowest BCUT2D eigenvalue weighted by Crippen LogP contribution is -2.10. The fourth-order valence-electron chi connectivity index (χ4n) is 3.87. The van der Waals surface area contributed by atoms with E-state index < -0.39 is 5.91 Å². The van der Waals surface area contributed by atoms with E-state index in [0.717, 1.165) is 41.6 Å². The molecule has 2 aromatic heterocycles. The van der Waals surface area contributed by atoms with Crippen molar-refractivity contribution in [1.82, 2.24) is 9.97 Å². The van der Waals surface area contributed by atoms with Gasteiger partial charge in [-0.1, -0.05) is 42.5 Å². The van der Waals surface area contributed by atoms with E-state index in [9.17, 15) is 4.79 Å². The first-order valence-corrected chi connectivity index (χ1v) is 10.3. The lowest BCUT2D eigenvalue weighted by atomic mass is 10.1. The number of hydrogen-bond acceptors (Lipinski definition) is 6. The van der Waals surface area contributed by atoms with Crippen molar-refractivity contribution in [3.63, 3.8) is 0 Å². The number of nitrogens with zero attached hydrogens (tertiary/aromatic N) is 2. The molecule has 0 radical (unpaired) electrons. The van der Waals surface area contributed by atoms with E-state index in [1.807, 2.05) is 24.3 Å². The Bertz CT molecular complexity index is 1250. The second kappa shape index (κ2) is 8.10. The summed E-state index contributed by atoms with van der Waals surface area (Å²) in [4.78, 5) is 21.3. The number of carbonyl (C=O) groups is 1. The Morgan fingerprint density at radius 3 is 2.74 bits per heavy atom. The van der Waals surface area contributed by atoms with Crippen LogP contribution < -0.4 is 15.8 Å². The van der Waals surface area contributed by atoms with Crippen LogP contribution in [0.3, 0.4) is 0 Å². The molecule has 0 fully saturated rings. The number of carbonyl (C=O) groups excluding carboxylic acids is 1. The van der Waals surface area contributed by atoms with E-state index in [4.69, 9.17) is 19.9 Å². The van der Waals surface area contributed by atoms with Crippen molar-refractivity contribution in [3.05, 3.63) is 71.5 Å². The number of aromatic nitrogens is 2. The van der Waals surface area contributed by atoms with Crippen LogP contribution in [0.25, 0.3) is 22.4 Å². The Hall–Kier alpha value is -3.87. The van der Waals surface area contributed by atoms with Crippen LogP contribution in [0.2, 0.25) is 0 Å².